The van der Waals surface area contributed by atoms with Gasteiger partial charge in [0, 0.05) is 32.0 Å². The smallest absolute Gasteiger partial charge is 0.250 e. The standard InChI is InChI=1S/C10H20N2O3S/c13-4-1-6-16-7-3-12-10(14)9-8-11-2-5-15-9/h9,11,13H,1-8H2,(H,12,14). The number of aliphatic hydroxyl groups is 1. The summed E-state index contributed by atoms with van der Waals surface area (Å²) in [4.78, 5) is 11.6. The van der Waals surface area contributed by atoms with Crippen LogP contribution in [0.4, 0.5) is 0 Å². The number of aliphatic hydroxyl groups excluding tert-OH is 1. The van der Waals surface area contributed by atoms with Crippen LogP contribution in [0, 0.1) is 0 Å². The third kappa shape index (κ3) is 5.69. The van der Waals surface area contributed by atoms with Gasteiger partial charge in [-0.15, -0.1) is 0 Å². The van der Waals surface area contributed by atoms with Gasteiger partial charge in [0.25, 0.3) is 0 Å². The molecule has 1 amide bonds. The summed E-state index contributed by atoms with van der Waals surface area (Å²) in [6.45, 7) is 2.92. The summed E-state index contributed by atoms with van der Waals surface area (Å²) in [5.41, 5.74) is 0. The highest BCUT2D eigenvalue weighted by molar-refractivity contribution is 7.99. The minimum atomic E-state index is -0.337. The molecule has 6 heteroatoms. The van der Waals surface area contributed by atoms with Crippen LogP contribution in [0.3, 0.4) is 0 Å². The maximum Gasteiger partial charge on any atom is 0.250 e. The van der Waals surface area contributed by atoms with Crippen molar-refractivity contribution in [2.75, 3.05) is 44.4 Å². The topological polar surface area (TPSA) is 70.6 Å². The molecule has 1 aliphatic heterocycles. The molecule has 3 N–H and O–H groups in total. The third-order valence-electron chi connectivity index (χ3n) is 2.21. The van der Waals surface area contributed by atoms with Crippen LogP contribution in [0.2, 0.25) is 0 Å². The Morgan fingerprint density at radius 1 is 1.56 bits per heavy atom. The van der Waals surface area contributed by atoms with Crippen molar-refractivity contribution in [3.63, 3.8) is 0 Å². The molecule has 94 valence electrons. The fourth-order valence-corrected chi connectivity index (χ4v) is 2.15. The van der Waals surface area contributed by atoms with Gasteiger partial charge in [-0.25, -0.2) is 0 Å². The van der Waals surface area contributed by atoms with Gasteiger partial charge in [0.05, 0.1) is 6.61 Å². The first-order valence-corrected chi connectivity index (χ1v) is 6.78. The zero-order valence-corrected chi connectivity index (χ0v) is 10.2. The minimum Gasteiger partial charge on any atom is -0.396 e. The summed E-state index contributed by atoms with van der Waals surface area (Å²) in [7, 11) is 0. The Morgan fingerprint density at radius 3 is 3.12 bits per heavy atom. The molecule has 0 saturated carbocycles. The zero-order valence-electron chi connectivity index (χ0n) is 9.41. The Labute approximate surface area is 100 Å². The van der Waals surface area contributed by atoms with E-state index >= 15 is 0 Å². The molecule has 16 heavy (non-hydrogen) atoms. The quantitative estimate of drug-likeness (QED) is 0.515. The Bertz CT molecular complexity index is 199. The van der Waals surface area contributed by atoms with E-state index in [4.69, 9.17) is 9.84 Å². The second-order valence-corrected chi connectivity index (χ2v) is 4.77. The number of thioether (sulfide) groups is 1. The lowest BCUT2D eigenvalue weighted by Crippen LogP contribution is -2.48. The molecule has 0 radical (unpaired) electrons. The largest absolute Gasteiger partial charge is 0.396 e. The fraction of sp³-hybridized carbons (Fsp3) is 0.900. The summed E-state index contributed by atoms with van der Waals surface area (Å²) in [6.07, 6.45) is 0.477. The lowest BCUT2D eigenvalue weighted by atomic mass is 10.3. The number of ether oxygens (including phenoxy) is 1. The summed E-state index contributed by atoms with van der Waals surface area (Å²) in [6, 6.07) is 0. The van der Waals surface area contributed by atoms with Crippen molar-refractivity contribution in [1.82, 2.24) is 10.6 Å². The van der Waals surface area contributed by atoms with Gasteiger partial charge in [0.1, 0.15) is 6.10 Å². The average molecular weight is 248 g/mol. The molecule has 1 unspecified atom stereocenters. The van der Waals surface area contributed by atoms with Gasteiger partial charge < -0.3 is 20.5 Å². The zero-order chi connectivity index (χ0) is 11.6. The van der Waals surface area contributed by atoms with E-state index in [0.717, 1.165) is 24.5 Å². The van der Waals surface area contributed by atoms with Crippen LogP contribution in [0.25, 0.3) is 0 Å². The Morgan fingerprint density at radius 2 is 2.44 bits per heavy atom. The lowest BCUT2D eigenvalue weighted by molar-refractivity contribution is -0.134. The highest BCUT2D eigenvalue weighted by Crippen LogP contribution is 2.01. The molecule has 0 aliphatic carbocycles. The van der Waals surface area contributed by atoms with Crippen LogP contribution in [-0.4, -0.2) is 61.5 Å². The number of morpholine rings is 1. The van der Waals surface area contributed by atoms with Crippen LogP contribution >= 0.6 is 11.8 Å². The third-order valence-corrected chi connectivity index (χ3v) is 3.28. The summed E-state index contributed by atoms with van der Waals surface area (Å²) in [5, 5.41) is 14.5. The predicted octanol–water partition coefficient (Wildman–Crippen LogP) is -0.793. The summed E-state index contributed by atoms with van der Waals surface area (Å²) < 4.78 is 5.32. The normalized spacial score (nSPS) is 20.7. The number of nitrogens with one attached hydrogen (secondary N) is 2. The van der Waals surface area contributed by atoms with E-state index in [-0.39, 0.29) is 18.6 Å². The molecule has 0 bridgehead atoms. The van der Waals surface area contributed by atoms with Gasteiger partial charge >= 0.3 is 0 Å². The van der Waals surface area contributed by atoms with E-state index in [2.05, 4.69) is 10.6 Å². The maximum atomic E-state index is 11.6. The van der Waals surface area contributed by atoms with E-state index < -0.39 is 0 Å². The summed E-state index contributed by atoms with van der Waals surface area (Å²) >= 11 is 1.74. The highest BCUT2D eigenvalue weighted by Gasteiger charge is 2.20. The monoisotopic (exact) mass is 248 g/mol. The van der Waals surface area contributed by atoms with Gasteiger partial charge in [0.15, 0.2) is 0 Å². The first-order chi connectivity index (χ1) is 7.84. The number of amides is 1. The van der Waals surface area contributed by atoms with E-state index in [0.29, 0.717) is 19.7 Å². The van der Waals surface area contributed by atoms with Crippen molar-refractivity contribution >= 4 is 17.7 Å². The molecule has 1 aliphatic rings. The van der Waals surface area contributed by atoms with E-state index in [9.17, 15) is 4.79 Å². The van der Waals surface area contributed by atoms with E-state index in [1.54, 1.807) is 11.8 Å². The Kier molecular flexibility index (Phi) is 7.58. The molecule has 0 aromatic heterocycles. The minimum absolute atomic E-state index is 0.0324. The Hall–Kier alpha value is -0.300. The molecular weight excluding hydrogens is 228 g/mol. The molecule has 1 heterocycles. The van der Waals surface area contributed by atoms with Gasteiger partial charge in [-0.2, -0.15) is 11.8 Å². The number of carbonyl (C=O) groups excluding carboxylic acids is 1. The van der Waals surface area contributed by atoms with Crippen molar-refractivity contribution in [3.05, 3.63) is 0 Å². The second kappa shape index (κ2) is 8.81. The summed E-state index contributed by atoms with van der Waals surface area (Å²) in [5.74, 6) is 1.79. The van der Waals surface area contributed by atoms with Crippen LogP contribution < -0.4 is 10.6 Å². The number of hydrogen-bond acceptors (Lipinski definition) is 5. The second-order valence-electron chi connectivity index (χ2n) is 3.54. The Balaban J connectivity index is 1.97. The molecular formula is C10H20N2O3S. The molecule has 1 rings (SSSR count). The van der Waals surface area contributed by atoms with Gasteiger partial charge in [-0.3, -0.25) is 4.79 Å². The number of carbonyl (C=O) groups is 1. The van der Waals surface area contributed by atoms with E-state index in [1.165, 1.54) is 0 Å². The first-order valence-electron chi connectivity index (χ1n) is 5.63. The van der Waals surface area contributed by atoms with Crippen molar-refractivity contribution in [2.45, 2.75) is 12.5 Å². The molecule has 0 spiro atoms. The molecule has 1 atom stereocenters. The van der Waals surface area contributed by atoms with Crippen molar-refractivity contribution in [1.29, 1.82) is 0 Å². The first kappa shape index (κ1) is 13.8. The molecule has 0 aromatic carbocycles. The SMILES string of the molecule is O=C(NCCSCCCO)C1CNCCO1. The molecule has 0 aromatic rings. The van der Waals surface area contributed by atoms with Crippen LogP contribution in [-0.2, 0) is 9.53 Å². The average Bonchev–Trinajstić information content (AvgIpc) is 2.34. The van der Waals surface area contributed by atoms with Crippen molar-refractivity contribution in [2.24, 2.45) is 0 Å². The molecule has 5 nitrogen and oxygen atoms in total. The number of hydrogen-bond donors (Lipinski definition) is 3. The van der Waals surface area contributed by atoms with Crippen LogP contribution in [0.5, 0.6) is 0 Å². The fourth-order valence-electron chi connectivity index (χ4n) is 1.36. The van der Waals surface area contributed by atoms with Gasteiger partial charge in [0.2, 0.25) is 5.91 Å². The van der Waals surface area contributed by atoms with Crippen molar-refractivity contribution < 1.29 is 14.6 Å². The molecule has 1 fully saturated rings. The van der Waals surface area contributed by atoms with Gasteiger partial charge in [-0.05, 0) is 12.2 Å². The number of rotatable bonds is 7. The van der Waals surface area contributed by atoms with Crippen LogP contribution in [0.1, 0.15) is 6.42 Å². The highest BCUT2D eigenvalue weighted by atomic mass is 32.2. The van der Waals surface area contributed by atoms with Crippen molar-refractivity contribution in [3.8, 4) is 0 Å². The van der Waals surface area contributed by atoms with Gasteiger partial charge in [-0.1, -0.05) is 0 Å². The van der Waals surface area contributed by atoms with E-state index in [1.807, 2.05) is 0 Å². The lowest BCUT2D eigenvalue weighted by Gasteiger charge is -2.22. The maximum absolute atomic E-state index is 11.6. The van der Waals surface area contributed by atoms with Crippen LogP contribution in [0.15, 0.2) is 0 Å². The molecule has 1 saturated heterocycles. The predicted molar refractivity (Wildman–Crippen MR) is 64.6 cm³/mol.